The first-order chi connectivity index (χ1) is 13.7. The van der Waals surface area contributed by atoms with E-state index in [0.717, 1.165) is 17.8 Å². The van der Waals surface area contributed by atoms with Crippen molar-refractivity contribution in [1.82, 2.24) is 14.5 Å². The summed E-state index contributed by atoms with van der Waals surface area (Å²) in [5.74, 6) is 0.944. The van der Waals surface area contributed by atoms with Crippen LogP contribution in [0.4, 0.5) is 4.39 Å². The summed E-state index contributed by atoms with van der Waals surface area (Å²) in [5.41, 5.74) is 2.71. The molecular weight excluding hydrogens is 361 g/mol. The van der Waals surface area contributed by atoms with Gasteiger partial charge in [0.25, 0.3) is 6.47 Å². The van der Waals surface area contributed by atoms with E-state index in [9.17, 15) is 4.39 Å². The first-order valence-electron chi connectivity index (χ1n) is 8.98. The highest BCUT2D eigenvalue weighted by molar-refractivity contribution is 5.60. The Morgan fingerprint density at radius 1 is 1.25 bits per heavy atom. The fourth-order valence-electron chi connectivity index (χ4n) is 3.55. The molecular formula is C21H22FN3O3. The highest BCUT2D eigenvalue weighted by Crippen LogP contribution is 2.33. The highest BCUT2D eigenvalue weighted by Gasteiger charge is 2.31. The van der Waals surface area contributed by atoms with Crippen molar-refractivity contribution in [1.29, 1.82) is 0 Å². The van der Waals surface area contributed by atoms with Crippen molar-refractivity contribution in [3.8, 4) is 11.4 Å². The van der Waals surface area contributed by atoms with Gasteiger partial charge in [0, 0.05) is 36.3 Å². The van der Waals surface area contributed by atoms with Gasteiger partial charge in [-0.25, -0.2) is 9.37 Å². The molecule has 2 atom stereocenters. The fourth-order valence-corrected chi connectivity index (χ4v) is 3.55. The Morgan fingerprint density at radius 2 is 2.00 bits per heavy atom. The lowest BCUT2D eigenvalue weighted by molar-refractivity contribution is -0.122. The third kappa shape index (κ3) is 4.26. The van der Waals surface area contributed by atoms with Crippen LogP contribution in [0.15, 0.2) is 55.1 Å². The monoisotopic (exact) mass is 383 g/mol. The van der Waals surface area contributed by atoms with Crippen LogP contribution in [-0.4, -0.2) is 39.3 Å². The van der Waals surface area contributed by atoms with Crippen LogP contribution in [0.5, 0.6) is 0 Å². The van der Waals surface area contributed by atoms with Gasteiger partial charge in [-0.05, 0) is 42.7 Å². The first kappa shape index (κ1) is 19.7. The van der Waals surface area contributed by atoms with Crippen LogP contribution in [0, 0.1) is 18.7 Å². The molecule has 1 N–H and O–H groups in total. The maximum Gasteiger partial charge on any atom is 0.290 e. The molecule has 1 saturated heterocycles. The lowest BCUT2D eigenvalue weighted by Crippen LogP contribution is -2.20. The summed E-state index contributed by atoms with van der Waals surface area (Å²) < 4.78 is 21.9. The average molecular weight is 383 g/mol. The van der Waals surface area contributed by atoms with Crippen molar-refractivity contribution >= 4 is 6.47 Å². The lowest BCUT2D eigenvalue weighted by Gasteiger charge is -2.22. The van der Waals surface area contributed by atoms with Gasteiger partial charge in [-0.15, -0.1) is 0 Å². The Kier molecular flexibility index (Phi) is 6.49. The summed E-state index contributed by atoms with van der Waals surface area (Å²) in [6.07, 6.45) is 8.31. The fraction of sp³-hybridized carbons (Fsp3) is 0.286. The Balaban J connectivity index is 0.000000706. The topological polar surface area (TPSA) is 77.2 Å². The predicted molar refractivity (Wildman–Crippen MR) is 102 cm³/mol. The number of hydrogen-bond acceptors (Lipinski definition) is 4. The molecule has 1 aliphatic rings. The zero-order valence-electron chi connectivity index (χ0n) is 15.5. The van der Waals surface area contributed by atoms with E-state index in [1.54, 1.807) is 19.2 Å². The van der Waals surface area contributed by atoms with Crippen LogP contribution < -0.4 is 0 Å². The molecule has 0 unspecified atom stereocenters. The molecule has 4 rings (SSSR count). The van der Waals surface area contributed by atoms with Crippen molar-refractivity contribution in [2.75, 3.05) is 13.2 Å². The molecule has 0 amide bonds. The van der Waals surface area contributed by atoms with Crippen molar-refractivity contribution in [2.24, 2.45) is 5.92 Å². The van der Waals surface area contributed by atoms with Gasteiger partial charge < -0.3 is 14.4 Å². The molecule has 3 heterocycles. The minimum Gasteiger partial charge on any atom is -0.483 e. The van der Waals surface area contributed by atoms with E-state index in [1.807, 2.05) is 36.8 Å². The molecule has 7 heteroatoms. The SMILES string of the molecule is Cc1c(F)cccc1-c1nccn1[C@@H]1COC[C@H]1Cc1ccncc1.O=CO. The number of hydrogen-bond donors (Lipinski definition) is 1. The van der Waals surface area contributed by atoms with Gasteiger partial charge in [-0.1, -0.05) is 12.1 Å². The quantitative estimate of drug-likeness (QED) is 0.698. The van der Waals surface area contributed by atoms with Crippen LogP contribution in [0.3, 0.4) is 0 Å². The standard InChI is InChI=1S/C20H20FN3O.CH2O2/c1-14-17(3-2-4-18(14)21)20-23-9-10-24(20)19-13-25-12-16(19)11-15-5-7-22-8-6-15;2-1-3/h2-10,16,19H,11-13H2,1H3;1H,(H,2,3)/t16-,19-;/m1./s1. The Morgan fingerprint density at radius 3 is 2.75 bits per heavy atom. The summed E-state index contributed by atoms with van der Waals surface area (Å²) in [4.78, 5) is 16.9. The average Bonchev–Trinajstić information content (AvgIpc) is 3.34. The molecule has 0 saturated carbocycles. The number of ether oxygens (including phenoxy) is 1. The molecule has 0 spiro atoms. The summed E-state index contributed by atoms with van der Waals surface area (Å²) in [6.45, 7) is 2.91. The molecule has 146 valence electrons. The molecule has 1 aromatic carbocycles. The number of carboxylic acid groups (broad SMARTS) is 1. The molecule has 1 fully saturated rings. The molecule has 0 bridgehead atoms. The second-order valence-electron chi connectivity index (χ2n) is 6.60. The van der Waals surface area contributed by atoms with Gasteiger partial charge >= 0.3 is 0 Å². The third-order valence-corrected chi connectivity index (χ3v) is 4.95. The smallest absolute Gasteiger partial charge is 0.290 e. The molecule has 1 aliphatic heterocycles. The summed E-state index contributed by atoms with van der Waals surface area (Å²) in [7, 11) is 0. The number of imidazole rings is 1. The molecule has 2 aromatic heterocycles. The second-order valence-corrected chi connectivity index (χ2v) is 6.60. The first-order valence-corrected chi connectivity index (χ1v) is 8.98. The predicted octanol–water partition coefficient (Wildman–Crippen LogP) is 3.52. The zero-order valence-corrected chi connectivity index (χ0v) is 15.5. The van der Waals surface area contributed by atoms with Crippen LogP contribution in [-0.2, 0) is 16.0 Å². The maximum atomic E-state index is 14.0. The van der Waals surface area contributed by atoms with Crippen LogP contribution in [0.2, 0.25) is 0 Å². The summed E-state index contributed by atoms with van der Waals surface area (Å²) >= 11 is 0. The Bertz CT molecular complexity index is 914. The van der Waals surface area contributed by atoms with E-state index in [4.69, 9.17) is 14.6 Å². The van der Waals surface area contributed by atoms with Gasteiger partial charge in [0.2, 0.25) is 0 Å². The van der Waals surface area contributed by atoms with Crippen LogP contribution in [0.25, 0.3) is 11.4 Å². The summed E-state index contributed by atoms with van der Waals surface area (Å²) in [5, 5.41) is 6.89. The number of benzene rings is 1. The summed E-state index contributed by atoms with van der Waals surface area (Å²) in [6, 6.07) is 9.41. The normalized spacial score (nSPS) is 18.4. The minimum atomic E-state index is -0.250. The number of aromatic nitrogens is 3. The lowest BCUT2D eigenvalue weighted by atomic mass is 9.95. The number of rotatable bonds is 4. The zero-order chi connectivity index (χ0) is 19.9. The second kappa shape index (κ2) is 9.23. The van der Waals surface area contributed by atoms with E-state index >= 15 is 0 Å². The van der Waals surface area contributed by atoms with E-state index in [-0.39, 0.29) is 18.3 Å². The molecule has 0 aliphatic carbocycles. The number of halogens is 1. The Hall–Kier alpha value is -3.06. The molecule has 28 heavy (non-hydrogen) atoms. The highest BCUT2D eigenvalue weighted by atomic mass is 19.1. The van der Waals surface area contributed by atoms with Gasteiger partial charge in [-0.2, -0.15) is 0 Å². The van der Waals surface area contributed by atoms with E-state index in [0.29, 0.717) is 24.7 Å². The van der Waals surface area contributed by atoms with Crippen LogP contribution in [0.1, 0.15) is 17.2 Å². The van der Waals surface area contributed by atoms with Gasteiger partial charge in [0.15, 0.2) is 0 Å². The van der Waals surface area contributed by atoms with E-state index < -0.39 is 0 Å². The van der Waals surface area contributed by atoms with Crippen molar-refractivity contribution in [3.63, 3.8) is 0 Å². The van der Waals surface area contributed by atoms with E-state index in [1.165, 1.54) is 11.6 Å². The van der Waals surface area contributed by atoms with Gasteiger partial charge in [-0.3, -0.25) is 9.78 Å². The van der Waals surface area contributed by atoms with Crippen molar-refractivity contribution in [3.05, 3.63) is 72.1 Å². The number of pyridine rings is 1. The van der Waals surface area contributed by atoms with Gasteiger partial charge in [0.1, 0.15) is 11.6 Å². The number of carbonyl (C=O) groups is 1. The third-order valence-electron chi connectivity index (χ3n) is 4.95. The van der Waals surface area contributed by atoms with Crippen molar-refractivity contribution in [2.45, 2.75) is 19.4 Å². The molecule has 0 radical (unpaired) electrons. The largest absolute Gasteiger partial charge is 0.483 e. The Labute approximate surface area is 162 Å². The molecule has 6 nitrogen and oxygen atoms in total. The maximum absolute atomic E-state index is 14.0. The van der Waals surface area contributed by atoms with Gasteiger partial charge in [0.05, 0.1) is 19.3 Å². The minimum absolute atomic E-state index is 0.188. The van der Waals surface area contributed by atoms with Crippen molar-refractivity contribution < 1.29 is 19.0 Å². The van der Waals surface area contributed by atoms with Crippen LogP contribution >= 0.6 is 0 Å². The molecule has 3 aromatic rings. The number of nitrogens with zero attached hydrogens (tertiary/aromatic N) is 3. The van der Waals surface area contributed by atoms with E-state index in [2.05, 4.69) is 14.5 Å².